The van der Waals surface area contributed by atoms with Crippen LogP contribution in [0.15, 0.2) is 32.3 Å². The van der Waals surface area contributed by atoms with Gasteiger partial charge in [-0.1, -0.05) is 13.8 Å². The monoisotopic (exact) mass is 438 g/mol. The predicted octanol–water partition coefficient (Wildman–Crippen LogP) is 1.23. The third-order valence-electron chi connectivity index (χ3n) is 5.51. The van der Waals surface area contributed by atoms with Crippen LogP contribution in [0.3, 0.4) is 0 Å². The summed E-state index contributed by atoms with van der Waals surface area (Å²) in [5.41, 5.74) is 0.563. The van der Waals surface area contributed by atoms with Crippen LogP contribution >= 0.6 is 0 Å². The van der Waals surface area contributed by atoms with Crippen molar-refractivity contribution in [3.05, 3.63) is 28.7 Å². The number of sulfonamides is 1. The fraction of sp³-hybridized carbons (Fsp3) is 0.600. The Balaban J connectivity index is 1.67. The first-order valence-corrected chi connectivity index (χ1v) is 11.9. The number of carbonyl (C=O) groups is 1. The molecule has 10 heteroatoms. The molecule has 1 N–H and O–H groups in total. The summed E-state index contributed by atoms with van der Waals surface area (Å²) >= 11 is 0. The lowest BCUT2D eigenvalue weighted by atomic mass is 10.3. The van der Waals surface area contributed by atoms with Crippen LogP contribution in [0.4, 0.5) is 0 Å². The first-order chi connectivity index (χ1) is 14.4. The van der Waals surface area contributed by atoms with Gasteiger partial charge in [0.1, 0.15) is 6.54 Å². The fourth-order valence-corrected chi connectivity index (χ4v) is 5.24. The average molecular weight is 439 g/mol. The zero-order valence-corrected chi connectivity index (χ0v) is 18.4. The largest absolute Gasteiger partial charge is 0.420 e. The summed E-state index contributed by atoms with van der Waals surface area (Å²) in [5.74, 6) is -0.966. The van der Waals surface area contributed by atoms with Crippen molar-refractivity contribution in [2.75, 3.05) is 39.3 Å². The minimum Gasteiger partial charge on any atom is -0.408 e. The van der Waals surface area contributed by atoms with Gasteiger partial charge in [-0.05, 0) is 51.0 Å². The Hall–Kier alpha value is -2.17. The van der Waals surface area contributed by atoms with Gasteiger partial charge in [0.25, 0.3) is 0 Å². The topological polar surface area (TPSA) is 105 Å². The highest BCUT2D eigenvalue weighted by Crippen LogP contribution is 2.24. The smallest absolute Gasteiger partial charge is 0.408 e. The molecule has 1 amide bonds. The number of carbonyl (C=O) groups excluding carboxylic acids is 1. The molecule has 0 saturated carbocycles. The lowest BCUT2D eigenvalue weighted by molar-refractivity contribution is -0.121. The Morgan fingerprint density at radius 1 is 1.20 bits per heavy atom. The Morgan fingerprint density at radius 2 is 1.90 bits per heavy atom. The normalized spacial score (nSPS) is 15.3. The van der Waals surface area contributed by atoms with E-state index >= 15 is 0 Å². The quantitative estimate of drug-likeness (QED) is 0.560. The minimum absolute atomic E-state index is 0.0960. The molecule has 0 aliphatic carbocycles. The summed E-state index contributed by atoms with van der Waals surface area (Å²) in [6.07, 6.45) is 2.51. The highest BCUT2D eigenvalue weighted by molar-refractivity contribution is 7.89. The minimum atomic E-state index is -3.60. The second-order valence-corrected chi connectivity index (χ2v) is 9.36. The summed E-state index contributed by atoms with van der Waals surface area (Å²) in [7, 11) is -3.60. The van der Waals surface area contributed by atoms with Crippen LogP contribution in [0.1, 0.15) is 33.1 Å². The van der Waals surface area contributed by atoms with Crippen LogP contribution in [0.2, 0.25) is 0 Å². The molecule has 2 aromatic rings. The molecule has 30 heavy (non-hydrogen) atoms. The van der Waals surface area contributed by atoms with Crippen LogP contribution in [0.25, 0.3) is 11.1 Å². The van der Waals surface area contributed by atoms with E-state index < -0.39 is 15.8 Å². The lowest BCUT2D eigenvalue weighted by Gasteiger charge is -2.17. The second kappa shape index (κ2) is 9.76. The Bertz CT molecular complexity index is 1030. The molecule has 0 radical (unpaired) electrons. The van der Waals surface area contributed by atoms with E-state index in [0.717, 1.165) is 38.9 Å². The van der Waals surface area contributed by atoms with Crippen LogP contribution in [0, 0.1) is 0 Å². The molecule has 166 valence electrons. The van der Waals surface area contributed by atoms with E-state index in [2.05, 4.69) is 24.1 Å². The maximum atomic E-state index is 12.7. The molecule has 3 rings (SSSR count). The molecule has 0 bridgehead atoms. The summed E-state index contributed by atoms with van der Waals surface area (Å²) in [5, 5.41) is 2.82. The molecule has 1 fully saturated rings. The lowest BCUT2D eigenvalue weighted by Crippen LogP contribution is -2.33. The number of rotatable bonds is 10. The van der Waals surface area contributed by atoms with E-state index in [-0.39, 0.29) is 22.9 Å². The summed E-state index contributed by atoms with van der Waals surface area (Å²) in [4.78, 5) is 26.9. The summed E-state index contributed by atoms with van der Waals surface area (Å²) in [6.45, 7) is 8.39. The van der Waals surface area contributed by atoms with Gasteiger partial charge >= 0.3 is 5.76 Å². The van der Waals surface area contributed by atoms with Gasteiger partial charge in [0.05, 0.1) is 10.4 Å². The van der Waals surface area contributed by atoms with E-state index in [1.807, 2.05) is 0 Å². The number of hydrogen-bond donors (Lipinski definition) is 1. The van der Waals surface area contributed by atoms with Crippen molar-refractivity contribution in [2.45, 2.75) is 44.6 Å². The first kappa shape index (κ1) is 22.5. The van der Waals surface area contributed by atoms with Crippen LogP contribution in [0.5, 0.6) is 0 Å². The molecular formula is C20H30N4O5S. The number of hydrogen-bond acceptors (Lipinski definition) is 6. The average Bonchev–Trinajstić information content (AvgIpc) is 3.37. The maximum Gasteiger partial charge on any atom is 0.420 e. The van der Waals surface area contributed by atoms with Gasteiger partial charge in [0.2, 0.25) is 15.9 Å². The first-order valence-electron chi connectivity index (χ1n) is 10.5. The maximum absolute atomic E-state index is 12.7. The molecule has 1 aromatic carbocycles. The van der Waals surface area contributed by atoms with Gasteiger partial charge in [-0.2, -0.15) is 4.31 Å². The summed E-state index contributed by atoms with van der Waals surface area (Å²) in [6, 6.07) is 4.35. The van der Waals surface area contributed by atoms with Crippen molar-refractivity contribution < 1.29 is 17.6 Å². The van der Waals surface area contributed by atoms with Crippen molar-refractivity contribution in [1.29, 1.82) is 0 Å². The molecule has 0 unspecified atom stereocenters. The van der Waals surface area contributed by atoms with E-state index in [1.165, 1.54) is 27.1 Å². The SMILES string of the molecule is CCN(CC)CCCNC(=O)Cn1c(=O)oc2cc(S(=O)(=O)N3CCCC3)ccc21. The molecule has 1 aliphatic rings. The van der Waals surface area contributed by atoms with E-state index in [9.17, 15) is 18.0 Å². The molecule has 0 spiro atoms. The Morgan fingerprint density at radius 3 is 2.57 bits per heavy atom. The predicted molar refractivity (Wildman–Crippen MR) is 114 cm³/mol. The van der Waals surface area contributed by atoms with Crippen LogP contribution in [-0.2, 0) is 21.4 Å². The van der Waals surface area contributed by atoms with Gasteiger partial charge in [-0.3, -0.25) is 9.36 Å². The Kier molecular flexibility index (Phi) is 7.32. The molecule has 9 nitrogen and oxygen atoms in total. The molecule has 1 aromatic heterocycles. The van der Waals surface area contributed by atoms with Crippen molar-refractivity contribution in [1.82, 2.24) is 19.1 Å². The van der Waals surface area contributed by atoms with E-state index in [1.54, 1.807) is 0 Å². The highest BCUT2D eigenvalue weighted by Gasteiger charge is 2.28. The third-order valence-corrected chi connectivity index (χ3v) is 7.41. The van der Waals surface area contributed by atoms with E-state index in [4.69, 9.17) is 4.42 Å². The second-order valence-electron chi connectivity index (χ2n) is 7.43. The highest BCUT2D eigenvalue weighted by atomic mass is 32.2. The number of oxazole rings is 1. The molecule has 0 atom stereocenters. The van der Waals surface area contributed by atoms with Crippen molar-refractivity contribution >= 4 is 27.0 Å². The third kappa shape index (κ3) is 4.93. The van der Waals surface area contributed by atoms with Gasteiger partial charge < -0.3 is 14.6 Å². The Labute approximate surface area is 176 Å². The number of nitrogens with zero attached hydrogens (tertiary/aromatic N) is 3. The number of aromatic nitrogens is 1. The van der Waals surface area contributed by atoms with Gasteiger partial charge in [-0.25, -0.2) is 13.2 Å². The van der Waals surface area contributed by atoms with Gasteiger partial charge in [0, 0.05) is 25.7 Å². The fourth-order valence-electron chi connectivity index (χ4n) is 3.70. The van der Waals surface area contributed by atoms with Crippen LogP contribution in [-0.4, -0.2) is 67.4 Å². The van der Waals surface area contributed by atoms with Crippen molar-refractivity contribution in [3.63, 3.8) is 0 Å². The number of benzene rings is 1. The van der Waals surface area contributed by atoms with Crippen LogP contribution < -0.4 is 11.1 Å². The molecule has 1 aliphatic heterocycles. The zero-order chi connectivity index (χ0) is 21.7. The molecule has 1 saturated heterocycles. The molecule has 2 heterocycles. The van der Waals surface area contributed by atoms with Gasteiger partial charge in [-0.15, -0.1) is 0 Å². The van der Waals surface area contributed by atoms with Crippen molar-refractivity contribution in [2.24, 2.45) is 0 Å². The van der Waals surface area contributed by atoms with Crippen molar-refractivity contribution in [3.8, 4) is 0 Å². The number of fused-ring (bicyclic) bond motifs is 1. The number of amides is 1. The summed E-state index contributed by atoms with van der Waals surface area (Å²) < 4.78 is 33.3. The van der Waals surface area contributed by atoms with Gasteiger partial charge in [0.15, 0.2) is 5.58 Å². The van der Waals surface area contributed by atoms with E-state index in [0.29, 0.717) is 25.2 Å². The standard InChI is InChI=1S/C20H30N4O5S/c1-3-22(4-2)11-7-10-21-19(25)15-24-17-9-8-16(14-18(17)29-20(24)26)30(27,28)23-12-5-6-13-23/h8-9,14H,3-7,10-13,15H2,1-2H3,(H,21,25). The number of nitrogens with one attached hydrogen (secondary N) is 1. The molecular weight excluding hydrogens is 408 g/mol. The zero-order valence-electron chi connectivity index (χ0n) is 17.6.